The van der Waals surface area contributed by atoms with Crippen molar-refractivity contribution in [3.05, 3.63) is 140 Å². The van der Waals surface area contributed by atoms with E-state index in [0.717, 1.165) is 27.5 Å². The smallest absolute Gasteiger partial charge is 0.270 e. The van der Waals surface area contributed by atoms with Gasteiger partial charge in [0.1, 0.15) is 0 Å². The highest BCUT2D eigenvalue weighted by Gasteiger charge is 2.30. The molecule has 8 heteroatoms. The van der Waals surface area contributed by atoms with Crippen molar-refractivity contribution < 1.29 is 19.4 Å². The number of non-ortho nitro benzene ring substituents is 2. The van der Waals surface area contributed by atoms with Gasteiger partial charge in [0.05, 0.1) is 9.85 Å². The number of nitrogens with zero attached hydrogens (tertiary/aromatic N) is 2. The van der Waals surface area contributed by atoms with E-state index in [2.05, 4.69) is 0 Å². The molecule has 0 atom stereocenters. The molecule has 8 rings (SSSR count). The monoisotopic (exact) mass is 548 g/mol. The van der Waals surface area contributed by atoms with Crippen molar-refractivity contribution in [2.45, 2.75) is 0 Å². The van der Waals surface area contributed by atoms with E-state index in [1.165, 1.54) is 30.3 Å². The van der Waals surface area contributed by atoms with Crippen LogP contribution in [0, 0.1) is 20.2 Å². The predicted octanol–water partition coefficient (Wildman–Crippen LogP) is 7.90. The minimum Gasteiger partial charge on any atom is -0.289 e. The second-order valence-corrected chi connectivity index (χ2v) is 10.5. The summed E-state index contributed by atoms with van der Waals surface area (Å²) in [6.45, 7) is 0. The fourth-order valence-corrected chi connectivity index (χ4v) is 6.43. The lowest BCUT2D eigenvalue weighted by Crippen LogP contribution is -2.11. The van der Waals surface area contributed by atoms with Gasteiger partial charge in [-0.25, -0.2) is 0 Å². The Bertz CT molecular complexity index is 2300. The van der Waals surface area contributed by atoms with E-state index in [0.29, 0.717) is 38.6 Å². The Morgan fingerprint density at radius 1 is 0.429 bits per heavy atom. The number of fused-ring (bicyclic) bond motifs is 4. The number of hydrogen-bond acceptors (Lipinski definition) is 6. The van der Waals surface area contributed by atoms with Crippen LogP contribution in [-0.4, -0.2) is 21.4 Å². The van der Waals surface area contributed by atoms with Crippen LogP contribution in [0.25, 0.3) is 54.9 Å². The van der Waals surface area contributed by atoms with Crippen molar-refractivity contribution in [3.63, 3.8) is 0 Å². The summed E-state index contributed by atoms with van der Waals surface area (Å²) in [5.74, 6) is -0.452. The molecular formula is C34H16N2O6. The van der Waals surface area contributed by atoms with E-state index >= 15 is 0 Å². The van der Waals surface area contributed by atoms with Gasteiger partial charge < -0.3 is 0 Å². The number of hydrogen-bond donors (Lipinski definition) is 0. The third-order valence-electron chi connectivity index (χ3n) is 8.25. The molecule has 0 heterocycles. The van der Waals surface area contributed by atoms with Crippen LogP contribution in [0.4, 0.5) is 11.4 Å². The maximum atomic E-state index is 13.5. The SMILES string of the molecule is O=C1c2ccccc2-c2cc(-c3cc4c5c(cc([N+](=O)[O-])cc5c3)C(=O)c3ccc([N+](=O)[O-])cc3-4)cc3cccc1c23. The minimum absolute atomic E-state index is 0.0331. The summed E-state index contributed by atoms with van der Waals surface area (Å²) in [4.78, 5) is 49.2. The molecule has 0 aromatic heterocycles. The Hall–Kier alpha value is -6.02. The second kappa shape index (κ2) is 8.25. The Balaban J connectivity index is 1.47. The molecule has 0 bridgehead atoms. The molecule has 0 amide bonds. The maximum absolute atomic E-state index is 13.5. The first-order chi connectivity index (χ1) is 20.3. The van der Waals surface area contributed by atoms with Gasteiger partial charge in [-0.2, -0.15) is 0 Å². The van der Waals surface area contributed by atoms with Crippen LogP contribution in [0.1, 0.15) is 31.8 Å². The van der Waals surface area contributed by atoms with Gasteiger partial charge >= 0.3 is 0 Å². The van der Waals surface area contributed by atoms with Crippen molar-refractivity contribution in [2.75, 3.05) is 0 Å². The average Bonchev–Trinajstić information content (AvgIpc) is 3.01. The summed E-state index contributed by atoms with van der Waals surface area (Å²) in [6.07, 6.45) is 0. The van der Waals surface area contributed by atoms with Crippen molar-refractivity contribution >= 4 is 44.5 Å². The third kappa shape index (κ3) is 3.17. The van der Waals surface area contributed by atoms with Crippen LogP contribution in [0.3, 0.4) is 0 Å². The summed E-state index contributed by atoms with van der Waals surface area (Å²) >= 11 is 0. The zero-order valence-electron chi connectivity index (χ0n) is 21.6. The normalized spacial score (nSPS) is 12.8. The van der Waals surface area contributed by atoms with Gasteiger partial charge in [0.15, 0.2) is 11.6 Å². The fourth-order valence-electron chi connectivity index (χ4n) is 6.43. The molecule has 6 aromatic carbocycles. The summed E-state index contributed by atoms with van der Waals surface area (Å²) in [5, 5.41) is 26.2. The van der Waals surface area contributed by atoms with Crippen molar-refractivity contribution in [3.8, 4) is 33.4 Å². The zero-order chi connectivity index (χ0) is 28.9. The molecule has 6 aromatic rings. The predicted molar refractivity (Wildman–Crippen MR) is 158 cm³/mol. The lowest BCUT2D eigenvalue weighted by molar-refractivity contribution is -0.385. The summed E-state index contributed by atoms with van der Waals surface area (Å²) < 4.78 is 0. The molecule has 0 saturated carbocycles. The summed E-state index contributed by atoms with van der Waals surface area (Å²) in [7, 11) is 0. The van der Waals surface area contributed by atoms with Crippen LogP contribution in [0.15, 0.2) is 97.1 Å². The van der Waals surface area contributed by atoms with Crippen LogP contribution >= 0.6 is 0 Å². The molecule has 2 aliphatic rings. The number of carbonyl (C=O) groups excluding carboxylic acids is 2. The van der Waals surface area contributed by atoms with Gasteiger partial charge in [0.2, 0.25) is 0 Å². The van der Waals surface area contributed by atoms with Gasteiger partial charge in [-0.15, -0.1) is 0 Å². The molecule has 0 aliphatic heterocycles. The van der Waals surface area contributed by atoms with Gasteiger partial charge in [0, 0.05) is 62.9 Å². The summed E-state index contributed by atoms with van der Waals surface area (Å²) in [5.41, 5.74) is 5.52. The van der Waals surface area contributed by atoms with Crippen LogP contribution in [0.2, 0.25) is 0 Å². The van der Waals surface area contributed by atoms with E-state index in [4.69, 9.17) is 0 Å². The average molecular weight is 549 g/mol. The molecule has 42 heavy (non-hydrogen) atoms. The van der Waals surface area contributed by atoms with E-state index in [1.807, 2.05) is 66.7 Å². The summed E-state index contributed by atoms with van der Waals surface area (Å²) in [6, 6.07) is 27.5. The highest BCUT2D eigenvalue weighted by molar-refractivity contribution is 6.28. The molecule has 2 aliphatic carbocycles. The lowest BCUT2D eigenvalue weighted by atomic mass is 9.79. The topological polar surface area (TPSA) is 120 Å². The molecule has 0 unspecified atom stereocenters. The van der Waals surface area contributed by atoms with E-state index in [-0.39, 0.29) is 28.3 Å². The highest BCUT2D eigenvalue weighted by atomic mass is 16.6. The van der Waals surface area contributed by atoms with E-state index < -0.39 is 15.6 Å². The Morgan fingerprint density at radius 3 is 1.74 bits per heavy atom. The minimum atomic E-state index is -0.531. The first-order valence-corrected chi connectivity index (χ1v) is 13.1. The highest BCUT2D eigenvalue weighted by Crippen LogP contribution is 2.46. The molecule has 0 spiro atoms. The lowest BCUT2D eigenvalue weighted by Gasteiger charge is -2.23. The molecule has 0 saturated heterocycles. The number of carbonyl (C=O) groups is 2. The Morgan fingerprint density at radius 2 is 1.00 bits per heavy atom. The van der Waals surface area contributed by atoms with Gasteiger partial charge in [-0.1, -0.05) is 42.5 Å². The second-order valence-electron chi connectivity index (χ2n) is 10.5. The molecule has 0 radical (unpaired) electrons. The van der Waals surface area contributed by atoms with Crippen molar-refractivity contribution in [2.24, 2.45) is 0 Å². The Labute approximate surface area is 236 Å². The van der Waals surface area contributed by atoms with Crippen molar-refractivity contribution in [1.82, 2.24) is 0 Å². The Kier molecular flexibility index (Phi) is 4.68. The molecule has 8 nitrogen and oxygen atoms in total. The van der Waals surface area contributed by atoms with E-state index in [1.54, 1.807) is 0 Å². The maximum Gasteiger partial charge on any atom is 0.270 e. The number of benzene rings is 6. The van der Waals surface area contributed by atoms with Crippen LogP contribution < -0.4 is 0 Å². The van der Waals surface area contributed by atoms with Gasteiger partial charge in [0.25, 0.3) is 11.4 Å². The molecule has 0 N–H and O–H groups in total. The number of nitro groups is 2. The van der Waals surface area contributed by atoms with Gasteiger partial charge in [-0.3, -0.25) is 29.8 Å². The third-order valence-corrected chi connectivity index (χ3v) is 8.25. The number of nitro benzene ring substituents is 2. The molecule has 0 fully saturated rings. The first-order valence-electron chi connectivity index (χ1n) is 13.1. The van der Waals surface area contributed by atoms with Crippen molar-refractivity contribution in [1.29, 1.82) is 0 Å². The first kappa shape index (κ1) is 23.8. The fraction of sp³-hybridized carbons (Fsp3) is 0. The quantitative estimate of drug-likeness (QED) is 0.163. The molecular weight excluding hydrogens is 532 g/mol. The van der Waals surface area contributed by atoms with E-state index in [9.17, 15) is 29.8 Å². The number of ketones is 2. The standard InChI is InChI=1S/C34H16N2O6/c37-33-24-6-2-1-5-23(24)28-13-18(10-17-4-3-7-26(33)31(17)28)19-11-20-12-22(36(41)42)16-30-32(20)29(14-19)27-15-21(35(39)40)8-9-25(27)34(30)38/h1-16H. The number of rotatable bonds is 3. The largest absolute Gasteiger partial charge is 0.289 e. The van der Waals surface area contributed by atoms with Crippen LogP contribution in [-0.2, 0) is 0 Å². The zero-order valence-corrected chi connectivity index (χ0v) is 21.6. The van der Waals surface area contributed by atoms with Gasteiger partial charge in [-0.05, 0) is 68.9 Å². The molecule has 198 valence electrons. The van der Waals surface area contributed by atoms with Crippen LogP contribution in [0.5, 0.6) is 0 Å².